The predicted octanol–water partition coefficient (Wildman–Crippen LogP) is 16.6. The second-order valence-corrected chi connectivity index (χ2v) is 26.5. The van der Waals surface area contributed by atoms with Gasteiger partial charge in [-0.05, 0) is 89.5 Å². The molecule has 4 saturated carbocycles. The minimum absolute atomic E-state index is 0.0289. The number of hydrogen-bond donors (Lipinski definition) is 2. The number of halogens is 4. The minimum atomic E-state index is -0.732. The number of benzene rings is 8. The molecule has 8 aromatic carbocycles. The summed E-state index contributed by atoms with van der Waals surface area (Å²) in [7, 11) is 4.36. The third kappa shape index (κ3) is 13.8. The van der Waals surface area contributed by atoms with Crippen molar-refractivity contribution < 1.29 is 47.4 Å². The quantitative estimate of drug-likeness (QED) is 0.0456. The molecular weight excluding hydrogens is 1330 g/mol. The topological polar surface area (TPSA) is 180 Å². The molecule has 0 radical (unpaired) electrons. The van der Waals surface area contributed by atoms with E-state index >= 15 is 0 Å². The first-order chi connectivity index (χ1) is 45.9. The zero-order valence-electron chi connectivity index (χ0n) is 52.9. The zero-order valence-corrected chi connectivity index (χ0v) is 56.1. The number of hydrogen-bond acceptors (Lipinski definition) is 12. The van der Waals surface area contributed by atoms with Crippen LogP contribution in [-0.4, -0.2) is 70.3 Å². The molecule has 17 heteroatoms. The fraction of sp³-hybridized carbons (Fsp3) is 0.231. The number of amides is 1. The highest BCUT2D eigenvalue weighted by molar-refractivity contribution is 9.10. The largest absolute Gasteiger partial charge is 0.469 e. The number of carbonyl (C=O) groups is 4. The van der Waals surface area contributed by atoms with Crippen LogP contribution >= 0.6 is 31.9 Å². The van der Waals surface area contributed by atoms with Crippen LogP contribution in [0.5, 0.6) is 0 Å². The highest BCUT2D eigenvalue weighted by Crippen LogP contribution is 2.72. The van der Waals surface area contributed by atoms with E-state index in [-0.39, 0.29) is 71.2 Å². The number of rotatable bonds is 14. The molecule has 2 aromatic heterocycles. The Morgan fingerprint density at radius 3 is 0.947 bits per heavy atom. The first-order valence-electron chi connectivity index (χ1n) is 31.0. The Balaban J connectivity index is 0.000000130. The number of nitrogens with zero attached hydrogens (tertiary/aromatic N) is 4. The number of hydroxylamine groups is 1. The monoisotopic (exact) mass is 1400 g/mol. The van der Waals surface area contributed by atoms with E-state index in [4.69, 9.17) is 14.2 Å². The summed E-state index contributed by atoms with van der Waals surface area (Å²) >= 11 is 6.90. The summed E-state index contributed by atoms with van der Waals surface area (Å²) in [6.07, 6.45) is 4.56. The summed E-state index contributed by atoms with van der Waals surface area (Å²) in [6.45, 7) is 5.82. The van der Waals surface area contributed by atoms with Crippen LogP contribution in [-0.2, 0) is 33.4 Å². The molecule has 2 N–H and O–H groups in total. The highest BCUT2D eigenvalue weighted by atomic mass is 79.9. The van der Waals surface area contributed by atoms with Gasteiger partial charge in [0.25, 0.3) is 5.91 Å². The maximum absolute atomic E-state index is 13.0. The Morgan fingerprint density at radius 2 is 0.653 bits per heavy atom. The van der Waals surface area contributed by atoms with Gasteiger partial charge in [-0.3, -0.25) is 24.4 Å². The van der Waals surface area contributed by atoms with Gasteiger partial charge in [0.2, 0.25) is 0 Å². The molecule has 1 amide bonds. The summed E-state index contributed by atoms with van der Waals surface area (Å²) in [5, 5.41) is 9.21. The maximum atomic E-state index is 13.0. The van der Waals surface area contributed by atoms with Gasteiger partial charge < -0.3 is 14.2 Å². The standard InChI is InChI=1S/C22H19FN2O2.C21H18FN3O2.C18H17BrO2.C17H15BrO2/c1-22(21(26)27-2)18(14-6-4-3-5-7-14)19(22)15-8-10-16(11-9-15)20-24-12-17(23)13-25-20;1-21(20(26)25-27)17(13-5-3-2-4-6-13)18(21)14-7-9-15(10-8-14)19-23-11-16(22)12-24-19;1-18(17(20)21-2)15(12-6-4-3-5-7-12)16(18)13-8-10-14(19)11-9-13;1-20-17(19)16-14(11-5-3-2-4-6-11)15(16)12-7-9-13(18)10-8-12/h3-13,18-19H,1-2H3;2-12,17-18,27H,1H3,(H,25,26);3-11,15-16H,1-2H3;2-10,14-16H,1H3/t18?,19-,22-;17?,18-,21-;15?,16-,18-;14?,15-,16-/m1111/s1. The summed E-state index contributed by atoms with van der Waals surface area (Å²) in [4.78, 5) is 65.1. The Kier molecular flexibility index (Phi) is 20.2. The second kappa shape index (κ2) is 28.7. The van der Waals surface area contributed by atoms with Crippen LogP contribution < -0.4 is 5.48 Å². The summed E-state index contributed by atoms with van der Waals surface area (Å²) in [6, 6.07) is 72.0. The van der Waals surface area contributed by atoms with Gasteiger partial charge in [-0.15, -0.1) is 0 Å². The van der Waals surface area contributed by atoms with Crippen LogP contribution in [0.1, 0.15) is 113 Å². The van der Waals surface area contributed by atoms with Crippen molar-refractivity contribution >= 4 is 55.7 Å². The fourth-order valence-electron chi connectivity index (χ4n) is 14.3. The van der Waals surface area contributed by atoms with Crippen molar-refractivity contribution in [3.05, 3.63) is 308 Å². The number of esters is 3. The molecule has 4 aliphatic rings. The van der Waals surface area contributed by atoms with Gasteiger partial charge in [0.05, 0.1) is 68.3 Å². The van der Waals surface area contributed by atoms with E-state index in [0.29, 0.717) is 11.6 Å². The molecule has 0 aliphatic heterocycles. The molecule has 4 fully saturated rings. The number of carbonyl (C=O) groups excluding carboxylic acids is 4. The van der Waals surface area contributed by atoms with Crippen molar-refractivity contribution in [3.63, 3.8) is 0 Å². The molecule has 2 heterocycles. The lowest BCUT2D eigenvalue weighted by atomic mass is 9.99. The molecule has 0 saturated heterocycles. The highest BCUT2D eigenvalue weighted by Gasteiger charge is 2.69. The van der Waals surface area contributed by atoms with Gasteiger partial charge in [-0.1, -0.05) is 226 Å². The van der Waals surface area contributed by atoms with Crippen LogP contribution in [0, 0.1) is 33.8 Å². The maximum Gasteiger partial charge on any atom is 0.312 e. The molecular formula is C78H69Br2F2N5O8. The van der Waals surface area contributed by atoms with Gasteiger partial charge >= 0.3 is 17.9 Å². The molecule has 482 valence electrons. The third-order valence-electron chi connectivity index (χ3n) is 19.3. The molecule has 95 heavy (non-hydrogen) atoms. The lowest BCUT2D eigenvalue weighted by Gasteiger charge is -2.09. The average Bonchev–Trinajstić information content (AvgIpc) is 1.54. The lowest BCUT2D eigenvalue weighted by molar-refractivity contribution is -0.147. The number of aromatic nitrogens is 4. The summed E-state index contributed by atoms with van der Waals surface area (Å²) in [5.74, 6) is -0.153. The van der Waals surface area contributed by atoms with Crippen molar-refractivity contribution in [1.29, 1.82) is 0 Å². The van der Waals surface area contributed by atoms with Gasteiger partial charge in [0.1, 0.15) is 0 Å². The van der Waals surface area contributed by atoms with E-state index in [1.807, 2.05) is 196 Å². The molecule has 12 atom stereocenters. The van der Waals surface area contributed by atoms with Gasteiger partial charge in [-0.25, -0.2) is 34.2 Å². The Bertz CT molecular complexity index is 4120. The minimum Gasteiger partial charge on any atom is -0.469 e. The van der Waals surface area contributed by atoms with Crippen LogP contribution in [0.15, 0.2) is 252 Å². The number of methoxy groups -OCH3 is 3. The SMILES string of the molecule is COC(=O)[C@@H]1C(c2ccccc2)[C@H]1c1ccc(Br)cc1.COC(=O)[C@]1(C)C(c2ccccc2)[C@H]1c1ccc(-c2ncc(F)cn2)cc1.COC(=O)[C@]1(C)C(c2ccccc2)[C@H]1c1ccc(Br)cc1.C[C@@]1(C(=O)NO)C(c2ccccc2)[C@H]1c1ccc(-c2ncc(F)cn2)cc1. The molecule has 0 bridgehead atoms. The second-order valence-electron chi connectivity index (χ2n) is 24.7. The molecule has 14 rings (SSSR count). The lowest BCUT2D eigenvalue weighted by Crippen LogP contribution is -2.29. The molecule has 13 nitrogen and oxygen atoms in total. The smallest absolute Gasteiger partial charge is 0.312 e. The first-order valence-corrected chi connectivity index (χ1v) is 32.6. The van der Waals surface area contributed by atoms with Crippen LogP contribution in [0.4, 0.5) is 8.78 Å². The van der Waals surface area contributed by atoms with E-state index in [2.05, 4.69) is 100 Å². The van der Waals surface area contributed by atoms with E-state index in [0.717, 1.165) is 67.1 Å². The van der Waals surface area contributed by atoms with Gasteiger partial charge in [0.15, 0.2) is 23.3 Å². The molecule has 0 spiro atoms. The van der Waals surface area contributed by atoms with Crippen molar-refractivity contribution in [3.8, 4) is 22.8 Å². The van der Waals surface area contributed by atoms with Crippen molar-refractivity contribution in [2.24, 2.45) is 22.2 Å². The van der Waals surface area contributed by atoms with Crippen LogP contribution in [0.3, 0.4) is 0 Å². The third-order valence-corrected chi connectivity index (χ3v) is 20.4. The Hall–Kier alpha value is -9.42. The summed E-state index contributed by atoms with van der Waals surface area (Å²) in [5.41, 5.74) is 10.6. The van der Waals surface area contributed by atoms with Gasteiger partial charge in [-0.2, -0.15) is 0 Å². The zero-order chi connectivity index (χ0) is 67.2. The Morgan fingerprint density at radius 1 is 0.389 bits per heavy atom. The van der Waals surface area contributed by atoms with Crippen LogP contribution in [0.25, 0.3) is 22.8 Å². The van der Waals surface area contributed by atoms with Gasteiger partial charge in [0, 0.05) is 67.4 Å². The normalized spacial score (nSPS) is 24.6. The van der Waals surface area contributed by atoms with E-state index in [9.17, 15) is 33.2 Å². The van der Waals surface area contributed by atoms with E-state index < -0.39 is 33.8 Å². The van der Waals surface area contributed by atoms with Crippen molar-refractivity contribution in [2.45, 2.75) is 68.1 Å². The van der Waals surface area contributed by atoms with Crippen LogP contribution in [0.2, 0.25) is 0 Å². The first kappa shape index (κ1) is 67.0. The molecule has 4 aliphatic carbocycles. The molecule has 4 unspecified atom stereocenters. The predicted molar refractivity (Wildman–Crippen MR) is 365 cm³/mol. The van der Waals surface area contributed by atoms with E-state index in [1.165, 1.54) is 43.6 Å². The summed E-state index contributed by atoms with van der Waals surface area (Å²) < 4.78 is 43.2. The number of nitrogens with one attached hydrogen (secondary N) is 1. The molecule has 10 aromatic rings. The fourth-order valence-corrected chi connectivity index (χ4v) is 14.8. The van der Waals surface area contributed by atoms with Crippen molar-refractivity contribution in [1.82, 2.24) is 25.4 Å². The van der Waals surface area contributed by atoms with Crippen molar-refractivity contribution in [2.75, 3.05) is 21.3 Å². The van der Waals surface area contributed by atoms with E-state index in [1.54, 1.807) is 0 Å². The Labute approximate surface area is 567 Å². The number of ether oxygens (including phenoxy) is 3. The average molecular weight is 1400 g/mol.